The van der Waals surface area contributed by atoms with Gasteiger partial charge in [0.15, 0.2) is 0 Å². The van der Waals surface area contributed by atoms with E-state index in [1.165, 1.54) is 18.2 Å². The van der Waals surface area contributed by atoms with Crippen molar-refractivity contribution in [2.24, 2.45) is 0 Å². The highest BCUT2D eigenvalue weighted by atomic mass is 19.4. The van der Waals surface area contributed by atoms with E-state index in [0.717, 1.165) is 6.07 Å². The van der Waals surface area contributed by atoms with Crippen LogP contribution in [0.4, 0.5) is 17.6 Å². The molecule has 2 aromatic rings. The Kier molecular flexibility index (Phi) is 2.37. The lowest BCUT2D eigenvalue weighted by molar-refractivity contribution is -0.159. The molecule has 3 nitrogen and oxygen atoms in total. The van der Waals surface area contributed by atoms with Crippen LogP contribution >= 0.6 is 0 Å². The predicted molar refractivity (Wildman–Crippen MR) is 44.7 cm³/mol. The maximum absolute atomic E-state index is 13.2. The molecular weight excluding hydrogens is 228 g/mol. The molecule has 0 saturated heterocycles. The second-order valence-corrected chi connectivity index (χ2v) is 2.90. The largest absolute Gasteiger partial charge is 0.471 e. The second-order valence-electron chi connectivity index (χ2n) is 2.90. The minimum Gasteiger partial charge on any atom is -0.329 e. The predicted octanol–water partition coefficient (Wildman–Crippen LogP) is 2.89. The molecule has 7 heteroatoms. The van der Waals surface area contributed by atoms with Crippen molar-refractivity contribution >= 4 is 0 Å². The van der Waals surface area contributed by atoms with E-state index in [2.05, 4.69) is 14.7 Å². The third kappa shape index (κ3) is 1.88. The van der Waals surface area contributed by atoms with Gasteiger partial charge in [0.25, 0.3) is 0 Å². The first-order chi connectivity index (χ1) is 7.48. The number of benzene rings is 1. The molecule has 1 aromatic heterocycles. The Balaban J connectivity index is 2.44. The highest BCUT2D eigenvalue weighted by Gasteiger charge is 2.38. The summed E-state index contributed by atoms with van der Waals surface area (Å²) in [4.78, 5) is 3.07. The zero-order chi connectivity index (χ0) is 11.8. The Morgan fingerprint density at radius 2 is 1.81 bits per heavy atom. The van der Waals surface area contributed by atoms with Crippen LogP contribution in [0.15, 0.2) is 28.8 Å². The van der Waals surface area contributed by atoms with Crippen molar-refractivity contribution in [3.8, 4) is 11.4 Å². The molecule has 0 aliphatic rings. The van der Waals surface area contributed by atoms with Crippen molar-refractivity contribution in [3.05, 3.63) is 36.0 Å². The van der Waals surface area contributed by atoms with E-state index in [1.807, 2.05) is 0 Å². The van der Waals surface area contributed by atoms with Crippen LogP contribution in [0.5, 0.6) is 0 Å². The first kappa shape index (κ1) is 10.6. The van der Waals surface area contributed by atoms with E-state index in [0.29, 0.717) is 0 Å². The van der Waals surface area contributed by atoms with Crippen molar-refractivity contribution in [2.75, 3.05) is 0 Å². The Hall–Kier alpha value is -1.92. The zero-order valence-corrected chi connectivity index (χ0v) is 7.62. The molecule has 0 unspecified atom stereocenters. The van der Waals surface area contributed by atoms with Crippen LogP contribution in [0.25, 0.3) is 11.4 Å². The molecule has 0 aliphatic carbocycles. The SMILES string of the molecule is Fc1ccccc1-c1noc(C(F)(F)F)n1. The van der Waals surface area contributed by atoms with Crippen molar-refractivity contribution < 1.29 is 22.1 Å². The molecule has 0 spiro atoms. The monoisotopic (exact) mass is 232 g/mol. The molecule has 0 saturated carbocycles. The van der Waals surface area contributed by atoms with E-state index in [1.54, 1.807) is 0 Å². The van der Waals surface area contributed by atoms with Gasteiger partial charge in [0.05, 0.1) is 5.56 Å². The van der Waals surface area contributed by atoms with Gasteiger partial charge in [-0.15, -0.1) is 0 Å². The summed E-state index contributed by atoms with van der Waals surface area (Å²) < 4.78 is 53.5. The van der Waals surface area contributed by atoms with Crippen LogP contribution in [0.3, 0.4) is 0 Å². The van der Waals surface area contributed by atoms with Gasteiger partial charge >= 0.3 is 12.1 Å². The lowest BCUT2D eigenvalue weighted by atomic mass is 10.2. The highest BCUT2D eigenvalue weighted by Crippen LogP contribution is 2.29. The highest BCUT2D eigenvalue weighted by molar-refractivity contribution is 5.54. The topological polar surface area (TPSA) is 38.9 Å². The number of halogens is 4. The molecule has 0 N–H and O–H groups in total. The van der Waals surface area contributed by atoms with Crippen LogP contribution < -0.4 is 0 Å². The third-order valence-electron chi connectivity index (χ3n) is 1.78. The fraction of sp³-hybridized carbons (Fsp3) is 0.111. The number of nitrogens with zero attached hydrogens (tertiary/aromatic N) is 2. The molecule has 84 valence electrons. The van der Waals surface area contributed by atoms with Gasteiger partial charge in [-0.1, -0.05) is 17.3 Å². The smallest absolute Gasteiger partial charge is 0.329 e. The van der Waals surface area contributed by atoms with Crippen LogP contribution in [0.1, 0.15) is 5.89 Å². The van der Waals surface area contributed by atoms with Gasteiger partial charge in [0, 0.05) is 0 Å². The molecule has 0 radical (unpaired) electrons. The summed E-state index contributed by atoms with van der Waals surface area (Å²) in [5.41, 5.74) is -0.137. The van der Waals surface area contributed by atoms with Crippen LogP contribution in [0.2, 0.25) is 0 Å². The number of hydrogen-bond acceptors (Lipinski definition) is 3. The molecule has 0 bridgehead atoms. The third-order valence-corrected chi connectivity index (χ3v) is 1.78. The summed E-state index contributed by atoms with van der Waals surface area (Å²) in [6.07, 6.45) is -4.73. The summed E-state index contributed by atoms with van der Waals surface area (Å²) in [6.45, 7) is 0. The number of rotatable bonds is 1. The Morgan fingerprint density at radius 1 is 1.12 bits per heavy atom. The van der Waals surface area contributed by atoms with Gasteiger partial charge in [-0.3, -0.25) is 0 Å². The average Bonchev–Trinajstić information content (AvgIpc) is 2.66. The molecule has 0 aliphatic heterocycles. The first-order valence-electron chi connectivity index (χ1n) is 4.14. The maximum atomic E-state index is 13.2. The summed E-state index contributed by atoms with van der Waals surface area (Å²) in [7, 11) is 0. The standard InChI is InChI=1S/C9H4F4N2O/c10-6-4-2-1-3-5(6)7-14-8(16-15-7)9(11,12)13/h1-4H. The molecule has 2 rings (SSSR count). The summed E-state index contributed by atoms with van der Waals surface area (Å²) in [6, 6.07) is 5.23. The second kappa shape index (κ2) is 3.58. The van der Waals surface area contributed by atoms with Crippen molar-refractivity contribution in [2.45, 2.75) is 6.18 Å². The van der Waals surface area contributed by atoms with Crippen molar-refractivity contribution in [1.29, 1.82) is 0 Å². The summed E-state index contributed by atoms with van der Waals surface area (Å²) in [5.74, 6) is -2.63. The summed E-state index contributed by atoms with van der Waals surface area (Å²) in [5, 5.41) is 3.07. The van der Waals surface area contributed by atoms with Gasteiger partial charge in [0.1, 0.15) is 5.82 Å². The molecule has 1 aromatic carbocycles. The molecule has 0 fully saturated rings. The normalized spacial score (nSPS) is 11.8. The average molecular weight is 232 g/mol. The van der Waals surface area contributed by atoms with Crippen molar-refractivity contribution in [1.82, 2.24) is 10.1 Å². The Bertz CT molecular complexity index is 506. The summed E-state index contributed by atoms with van der Waals surface area (Å²) >= 11 is 0. The van der Waals surface area contributed by atoms with Gasteiger partial charge < -0.3 is 4.52 Å². The number of alkyl halides is 3. The van der Waals surface area contributed by atoms with E-state index in [-0.39, 0.29) is 5.56 Å². The Morgan fingerprint density at radius 3 is 2.38 bits per heavy atom. The fourth-order valence-electron chi connectivity index (χ4n) is 1.09. The Labute approximate surface area is 86.7 Å². The van der Waals surface area contributed by atoms with E-state index in [4.69, 9.17) is 0 Å². The zero-order valence-electron chi connectivity index (χ0n) is 7.62. The molecule has 1 heterocycles. The fourth-order valence-corrected chi connectivity index (χ4v) is 1.09. The minimum absolute atomic E-state index is 0.137. The number of aromatic nitrogens is 2. The first-order valence-corrected chi connectivity index (χ1v) is 4.14. The minimum atomic E-state index is -4.73. The van der Waals surface area contributed by atoms with E-state index in [9.17, 15) is 17.6 Å². The molecular formula is C9H4F4N2O. The van der Waals surface area contributed by atoms with E-state index >= 15 is 0 Å². The van der Waals surface area contributed by atoms with E-state index < -0.39 is 23.7 Å². The maximum Gasteiger partial charge on any atom is 0.471 e. The lowest BCUT2D eigenvalue weighted by Crippen LogP contribution is -2.04. The van der Waals surface area contributed by atoms with Gasteiger partial charge in [-0.05, 0) is 12.1 Å². The van der Waals surface area contributed by atoms with Crippen LogP contribution in [-0.2, 0) is 6.18 Å². The van der Waals surface area contributed by atoms with Gasteiger partial charge in [-0.25, -0.2) is 4.39 Å². The van der Waals surface area contributed by atoms with Crippen LogP contribution in [-0.4, -0.2) is 10.1 Å². The quantitative estimate of drug-likeness (QED) is 0.709. The van der Waals surface area contributed by atoms with Gasteiger partial charge in [0.2, 0.25) is 5.82 Å². The van der Waals surface area contributed by atoms with Crippen molar-refractivity contribution in [3.63, 3.8) is 0 Å². The molecule has 16 heavy (non-hydrogen) atoms. The molecule has 0 amide bonds. The lowest BCUT2D eigenvalue weighted by Gasteiger charge is -1.96. The van der Waals surface area contributed by atoms with Gasteiger partial charge in [-0.2, -0.15) is 18.2 Å². The van der Waals surface area contributed by atoms with Crippen LogP contribution in [0, 0.1) is 5.82 Å². The number of hydrogen-bond donors (Lipinski definition) is 0. The molecule has 0 atom stereocenters.